The van der Waals surface area contributed by atoms with Gasteiger partial charge in [0.1, 0.15) is 6.07 Å². The molecule has 0 spiro atoms. The van der Waals surface area contributed by atoms with E-state index in [2.05, 4.69) is 15.5 Å². The van der Waals surface area contributed by atoms with Gasteiger partial charge in [0.2, 0.25) is 0 Å². The van der Waals surface area contributed by atoms with Gasteiger partial charge in [-0.1, -0.05) is 36.4 Å². The monoisotopic (exact) mass is 382 g/mol. The van der Waals surface area contributed by atoms with Crippen molar-refractivity contribution in [2.24, 2.45) is 0 Å². The fraction of sp³-hybridized carbons (Fsp3) is 0.208. The normalized spacial score (nSPS) is 10.3. The van der Waals surface area contributed by atoms with Crippen LogP contribution in [0.5, 0.6) is 0 Å². The Labute approximate surface area is 171 Å². The van der Waals surface area contributed by atoms with Gasteiger partial charge in [0.15, 0.2) is 5.69 Å². The van der Waals surface area contributed by atoms with Crippen molar-refractivity contribution in [2.75, 3.05) is 14.1 Å². The Balaban J connectivity index is 1.99. The van der Waals surface area contributed by atoms with E-state index in [0.29, 0.717) is 23.4 Å². The summed E-state index contributed by atoms with van der Waals surface area (Å²) in [6.07, 6.45) is 0. The van der Waals surface area contributed by atoms with Crippen molar-refractivity contribution in [1.29, 1.82) is 5.26 Å². The predicted octanol–water partition coefficient (Wildman–Crippen LogP) is 4.94. The van der Waals surface area contributed by atoms with E-state index in [9.17, 15) is 10.1 Å². The Morgan fingerprint density at radius 3 is 2.21 bits per heavy atom. The van der Waals surface area contributed by atoms with Gasteiger partial charge in [0.05, 0.1) is 12.1 Å². The molecule has 2 aromatic carbocycles. The molecule has 0 aliphatic rings. The highest BCUT2D eigenvalue weighted by molar-refractivity contribution is 5.93. The summed E-state index contributed by atoms with van der Waals surface area (Å²) < 4.78 is 2.12. The number of amides is 1. The van der Waals surface area contributed by atoms with Gasteiger partial charge < -0.3 is 9.47 Å². The maximum absolute atomic E-state index is 12.1. The lowest BCUT2D eigenvalue weighted by molar-refractivity contribution is 0.0827. The van der Waals surface area contributed by atoms with Gasteiger partial charge in [0, 0.05) is 43.2 Å². The fourth-order valence-electron chi connectivity index (χ4n) is 3.51. The van der Waals surface area contributed by atoms with E-state index >= 15 is 0 Å². The number of nitriles is 1. The molecule has 0 saturated heterocycles. The summed E-state index contributed by atoms with van der Waals surface area (Å²) in [5.41, 5.74) is 6.68. The first-order valence-electron chi connectivity index (χ1n) is 9.25. The summed E-state index contributed by atoms with van der Waals surface area (Å²) >= 11 is 0. The largest absolute Gasteiger partial charge is 0.345 e. The van der Waals surface area contributed by atoms with Crippen LogP contribution < -0.4 is 0 Å². The summed E-state index contributed by atoms with van der Waals surface area (Å²) in [5, 5.41) is 9.76. The van der Waals surface area contributed by atoms with Gasteiger partial charge in [0.25, 0.3) is 5.91 Å². The molecular formula is C24H22N4O. The van der Waals surface area contributed by atoms with Crippen molar-refractivity contribution < 1.29 is 4.79 Å². The zero-order chi connectivity index (χ0) is 21.1. The van der Waals surface area contributed by atoms with Crippen LogP contribution in [0.2, 0.25) is 0 Å². The topological polar surface area (TPSA) is 53.4 Å². The summed E-state index contributed by atoms with van der Waals surface area (Å²) in [5.74, 6) is -0.0261. The van der Waals surface area contributed by atoms with Crippen molar-refractivity contribution in [1.82, 2.24) is 9.47 Å². The Morgan fingerprint density at radius 2 is 1.69 bits per heavy atom. The standard InChI is InChI=1S/C24H22N4O/c1-16-22(14-25)23(19-10-12-21(26-3)13-11-19)17(2)28(16)15-18-6-8-20(9-7-18)24(29)27(4)5/h6-13H,15H2,1-2,4-5H3. The molecule has 144 valence electrons. The molecule has 1 amide bonds. The van der Waals surface area contributed by atoms with Gasteiger partial charge in [-0.25, -0.2) is 4.85 Å². The lowest BCUT2D eigenvalue weighted by atomic mass is 10.0. The van der Waals surface area contributed by atoms with Crippen LogP contribution in [0, 0.1) is 31.8 Å². The highest BCUT2D eigenvalue weighted by atomic mass is 16.2. The number of aromatic nitrogens is 1. The average molecular weight is 382 g/mol. The predicted molar refractivity (Wildman–Crippen MR) is 114 cm³/mol. The third-order valence-electron chi connectivity index (χ3n) is 5.13. The Kier molecular flexibility index (Phi) is 5.52. The molecule has 0 saturated carbocycles. The van der Waals surface area contributed by atoms with Crippen molar-refractivity contribution in [3.63, 3.8) is 0 Å². The number of rotatable bonds is 4. The molecule has 1 aromatic heterocycles. The Morgan fingerprint density at radius 1 is 1.07 bits per heavy atom. The fourth-order valence-corrected chi connectivity index (χ4v) is 3.51. The van der Waals surface area contributed by atoms with Crippen LogP contribution in [0.25, 0.3) is 16.0 Å². The third kappa shape index (κ3) is 3.77. The van der Waals surface area contributed by atoms with Crippen LogP contribution in [0.3, 0.4) is 0 Å². The summed E-state index contributed by atoms with van der Waals surface area (Å²) in [7, 11) is 3.47. The second-order valence-corrected chi connectivity index (χ2v) is 7.17. The number of hydrogen-bond acceptors (Lipinski definition) is 2. The van der Waals surface area contributed by atoms with Crippen molar-refractivity contribution in [3.8, 4) is 17.2 Å². The van der Waals surface area contributed by atoms with E-state index in [-0.39, 0.29) is 5.91 Å². The lowest BCUT2D eigenvalue weighted by Gasteiger charge is -2.12. The first kappa shape index (κ1) is 19.9. The molecule has 0 radical (unpaired) electrons. The van der Waals surface area contributed by atoms with Crippen LogP contribution in [-0.2, 0) is 6.54 Å². The number of nitrogens with zero attached hydrogens (tertiary/aromatic N) is 4. The van der Waals surface area contributed by atoms with Gasteiger partial charge in [-0.2, -0.15) is 5.26 Å². The third-order valence-corrected chi connectivity index (χ3v) is 5.13. The van der Waals surface area contributed by atoms with Crippen LogP contribution >= 0.6 is 0 Å². The molecule has 0 N–H and O–H groups in total. The van der Waals surface area contributed by atoms with Crippen LogP contribution in [0.4, 0.5) is 5.69 Å². The lowest BCUT2D eigenvalue weighted by Crippen LogP contribution is -2.21. The minimum Gasteiger partial charge on any atom is -0.345 e. The molecule has 29 heavy (non-hydrogen) atoms. The second-order valence-electron chi connectivity index (χ2n) is 7.17. The summed E-state index contributed by atoms with van der Waals surface area (Å²) in [6, 6.07) is 17.2. The maximum Gasteiger partial charge on any atom is 0.253 e. The molecule has 5 nitrogen and oxygen atoms in total. The zero-order valence-electron chi connectivity index (χ0n) is 17.0. The molecular weight excluding hydrogens is 360 g/mol. The maximum atomic E-state index is 12.1. The van der Waals surface area contributed by atoms with E-state index in [1.165, 1.54) is 0 Å². The van der Waals surface area contributed by atoms with Gasteiger partial charge in [-0.05, 0) is 37.1 Å². The number of carbonyl (C=O) groups excluding carboxylic acids is 1. The van der Waals surface area contributed by atoms with Crippen LogP contribution in [0.1, 0.15) is 32.9 Å². The highest BCUT2D eigenvalue weighted by Crippen LogP contribution is 2.33. The van der Waals surface area contributed by atoms with Crippen molar-refractivity contribution >= 4 is 11.6 Å². The van der Waals surface area contributed by atoms with Gasteiger partial charge in [-0.15, -0.1) is 0 Å². The molecule has 1 heterocycles. The molecule has 0 aliphatic carbocycles. The first-order chi connectivity index (χ1) is 13.9. The van der Waals surface area contributed by atoms with Crippen LogP contribution in [-0.4, -0.2) is 29.5 Å². The molecule has 0 aliphatic heterocycles. The SMILES string of the molecule is [C-]#[N+]c1ccc(-c2c(C#N)c(C)n(Cc3ccc(C(=O)N(C)C)cc3)c2C)cc1. The molecule has 3 rings (SSSR count). The highest BCUT2D eigenvalue weighted by Gasteiger charge is 2.19. The molecule has 0 unspecified atom stereocenters. The molecule has 0 atom stereocenters. The average Bonchev–Trinajstić information content (AvgIpc) is 2.97. The zero-order valence-corrected chi connectivity index (χ0v) is 17.0. The van der Waals surface area contributed by atoms with Gasteiger partial charge >= 0.3 is 0 Å². The quantitative estimate of drug-likeness (QED) is 0.600. The molecule has 3 aromatic rings. The van der Waals surface area contributed by atoms with E-state index in [4.69, 9.17) is 6.57 Å². The van der Waals surface area contributed by atoms with E-state index in [1.54, 1.807) is 31.1 Å². The van der Waals surface area contributed by atoms with E-state index in [0.717, 1.165) is 28.1 Å². The minimum absolute atomic E-state index is 0.0261. The summed E-state index contributed by atoms with van der Waals surface area (Å²) in [6.45, 7) is 11.7. The van der Waals surface area contributed by atoms with Gasteiger partial charge in [-0.3, -0.25) is 4.79 Å². The van der Waals surface area contributed by atoms with Crippen LogP contribution in [0.15, 0.2) is 48.5 Å². The Hall–Kier alpha value is -3.83. The molecule has 5 heteroatoms. The summed E-state index contributed by atoms with van der Waals surface area (Å²) in [4.78, 5) is 17.1. The molecule has 0 fully saturated rings. The molecule has 0 bridgehead atoms. The first-order valence-corrected chi connectivity index (χ1v) is 9.25. The number of carbonyl (C=O) groups is 1. The smallest absolute Gasteiger partial charge is 0.253 e. The minimum atomic E-state index is -0.0261. The van der Waals surface area contributed by atoms with E-state index < -0.39 is 0 Å². The van der Waals surface area contributed by atoms with Crippen molar-refractivity contribution in [3.05, 3.63) is 88.0 Å². The van der Waals surface area contributed by atoms with Crippen molar-refractivity contribution in [2.45, 2.75) is 20.4 Å². The Bertz CT molecular complexity index is 1140. The van der Waals surface area contributed by atoms with E-state index in [1.807, 2.05) is 50.2 Å². The number of benzene rings is 2. The second kappa shape index (κ2) is 8.04. The number of hydrogen-bond donors (Lipinski definition) is 0.